The zero-order valence-corrected chi connectivity index (χ0v) is 11.8. The average Bonchev–Trinajstić information content (AvgIpc) is 2.57. The fourth-order valence-corrected chi connectivity index (χ4v) is 3.15. The molecular weight excluding hydrogens is 264 g/mol. The van der Waals surface area contributed by atoms with Crippen LogP contribution in [-0.2, 0) is 4.74 Å². The van der Waals surface area contributed by atoms with Crippen molar-refractivity contribution in [1.82, 2.24) is 5.32 Å². The summed E-state index contributed by atoms with van der Waals surface area (Å²) in [6.45, 7) is 3.56. The SMILES string of the molecule is COC[C@H]1C[C@@H]2CNCCN2c2cccc(Cl)c2O1. The minimum atomic E-state index is 0.0542. The Balaban J connectivity index is 1.98. The van der Waals surface area contributed by atoms with Gasteiger partial charge in [-0.2, -0.15) is 0 Å². The fourth-order valence-electron chi connectivity index (χ4n) is 2.94. The summed E-state index contributed by atoms with van der Waals surface area (Å²) in [4.78, 5) is 2.41. The number of piperazine rings is 1. The predicted octanol–water partition coefficient (Wildman–Crippen LogP) is 1.92. The first kappa shape index (κ1) is 13.0. The molecule has 2 heterocycles. The Kier molecular flexibility index (Phi) is 3.82. The lowest BCUT2D eigenvalue weighted by molar-refractivity contribution is 0.0746. The van der Waals surface area contributed by atoms with Crippen molar-refractivity contribution in [3.05, 3.63) is 23.2 Å². The van der Waals surface area contributed by atoms with E-state index in [2.05, 4.69) is 16.3 Å². The smallest absolute Gasteiger partial charge is 0.161 e. The maximum atomic E-state index is 6.30. The van der Waals surface area contributed by atoms with Crippen LogP contribution in [0.1, 0.15) is 6.42 Å². The summed E-state index contributed by atoms with van der Waals surface area (Å²) in [6.07, 6.45) is 1.00. The number of fused-ring (bicyclic) bond motifs is 3. The van der Waals surface area contributed by atoms with E-state index in [-0.39, 0.29) is 6.10 Å². The van der Waals surface area contributed by atoms with Gasteiger partial charge in [-0.15, -0.1) is 0 Å². The molecule has 2 atom stereocenters. The van der Waals surface area contributed by atoms with Gasteiger partial charge in [-0.05, 0) is 12.1 Å². The van der Waals surface area contributed by atoms with Crippen LogP contribution in [0.2, 0.25) is 5.02 Å². The molecule has 0 aromatic heterocycles. The number of anilines is 1. The Morgan fingerprint density at radius 2 is 2.42 bits per heavy atom. The molecular formula is C14H19ClN2O2. The second-order valence-corrected chi connectivity index (χ2v) is 5.48. The third-order valence-electron chi connectivity index (χ3n) is 3.78. The third-order valence-corrected chi connectivity index (χ3v) is 4.08. The molecule has 0 spiro atoms. The van der Waals surface area contributed by atoms with Gasteiger partial charge >= 0.3 is 0 Å². The van der Waals surface area contributed by atoms with Crippen LogP contribution in [0.15, 0.2) is 18.2 Å². The summed E-state index contributed by atoms with van der Waals surface area (Å²) in [6, 6.07) is 6.40. The molecule has 1 N–H and O–H groups in total. The number of methoxy groups -OCH3 is 1. The number of rotatable bonds is 2. The molecule has 4 nitrogen and oxygen atoms in total. The molecule has 1 aromatic rings. The first-order valence-corrected chi connectivity index (χ1v) is 7.09. The number of benzene rings is 1. The highest BCUT2D eigenvalue weighted by Crippen LogP contribution is 2.40. The molecule has 1 aromatic carbocycles. The van der Waals surface area contributed by atoms with Crippen LogP contribution in [0.25, 0.3) is 0 Å². The van der Waals surface area contributed by atoms with E-state index >= 15 is 0 Å². The molecule has 3 rings (SSSR count). The molecule has 1 fully saturated rings. The van der Waals surface area contributed by atoms with E-state index in [1.165, 1.54) is 0 Å². The summed E-state index contributed by atoms with van der Waals surface area (Å²) in [7, 11) is 1.71. The van der Waals surface area contributed by atoms with Gasteiger partial charge in [-0.1, -0.05) is 17.7 Å². The van der Waals surface area contributed by atoms with Crippen molar-refractivity contribution >= 4 is 17.3 Å². The quantitative estimate of drug-likeness (QED) is 0.899. The van der Waals surface area contributed by atoms with Crippen LogP contribution in [0.4, 0.5) is 5.69 Å². The van der Waals surface area contributed by atoms with Gasteiger partial charge in [0.05, 0.1) is 17.3 Å². The molecule has 1 saturated heterocycles. The zero-order valence-electron chi connectivity index (χ0n) is 11.1. The van der Waals surface area contributed by atoms with Gasteiger partial charge in [-0.25, -0.2) is 0 Å². The highest BCUT2D eigenvalue weighted by molar-refractivity contribution is 6.32. The molecule has 0 radical (unpaired) electrons. The van der Waals surface area contributed by atoms with Crippen LogP contribution in [-0.4, -0.2) is 45.5 Å². The molecule has 0 aliphatic carbocycles. The minimum Gasteiger partial charge on any atom is -0.484 e. The summed E-state index contributed by atoms with van der Waals surface area (Å²) in [5.41, 5.74) is 1.11. The number of hydrogen-bond donors (Lipinski definition) is 1. The molecule has 104 valence electrons. The largest absolute Gasteiger partial charge is 0.484 e. The number of nitrogens with zero attached hydrogens (tertiary/aromatic N) is 1. The van der Waals surface area contributed by atoms with E-state index in [9.17, 15) is 0 Å². The Morgan fingerprint density at radius 3 is 3.26 bits per heavy atom. The standard InChI is InChI=1S/C14H19ClN2O2/c1-18-9-11-7-10-8-16-5-6-17(10)13-4-2-3-12(15)14(13)19-11/h2-4,10-11,16H,5-9H2,1H3/t10-,11-/m1/s1. The normalized spacial score (nSPS) is 26.1. The Hall–Kier alpha value is -0.970. The van der Waals surface area contributed by atoms with Crippen LogP contribution in [0.3, 0.4) is 0 Å². The van der Waals surface area contributed by atoms with E-state index in [4.69, 9.17) is 21.1 Å². The molecule has 0 unspecified atom stereocenters. The summed E-state index contributed by atoms with van der Waals surface area (Å²) in [5, 5.41) is 4.13. The maximum Gasteiger partial charge on any atom is 0.161 e. The lowest BCUT2D eigenvalue weighted by Gasteiger charge is -2.37. The number of ether oxygens (including phenoxy) is 2. The predicted molar refractivity (Wildman–Crippen MR) is 76.4 cm³/mol. The van der Waals surface area contributed by atoms with Crippen LogP contribution in [0, 0.1) is 0 Å². The van der Waals surface area contributed by atoms with Crippen LogP contribution < -0.4 is 15.0 Å². The van der Waals surface area contributed by atoms with Crippen LogP contribution >= 0.6 is 11.6 Å². The topological polar surface area (TPSA) is 33.7 Å². The van der Waals surface area contributed by atoms with E-state index in [1.807, 2.05) is 12.1 Å². The van der Waals surface area contributed by atoms with Crippen molar-refractivity contribution in [1.29, 1.82) is 0 Å². The summed E-state index contributed by atoms with van der Waals surface area (Å²) < 4.78 is 11.4. The maximum absolute atomic E-state index is 6.30. The second-order valence-electron chi connectivity index (χ2n) is 5.07. The first-order chi connectivity index (χ1) is 9.29. The van der Waals surface area contributed by atoms with Gasteiger partial charge in [0.2, 0.25) is 0 Å². The Bertz CT molecular complexity index is 455. The van der Waals surface area contributed by atoms with Crippen molar-refractivity contribution in [3.8, 4) is 5.75 Å². The molecule has 0 bridgehead atoms. The minimum absolute atomic E-state index is 0.0542. The number of hydrogen-bond acceptors (Lipinski definition) is 4. The monoisotopic (exact) mass is 282 g/mol. The number of para-hydroxylation sites is 1. The van der Waals surface area contributed by atoms with Gasteiger partial charge in [0, 0.05) is 39.2 Å². The third kappa shape index (κ3) is 2.53. The van der Waals surface area contributed by atoms with Gasteiger partial charge in [0.1, 0.15) is 6.10 Å². The molecule has 19 heavy (non-hydrogen) atoms. The van der Waals surface area contributed by atoms with Crippen molar-refractivity contribution < 1.29 is 9.47 Å². The molecule has 5 heteroatoms. The fraction of sp³-hybridized carbons (Fsp3) is 0.571. The van der Waals surface area contributed by atoms with Crippen molar-refractivity contribution in [2.24, 2.45) is 0 Å². The van der Waals surface area contributed by atoms with E-state index < -0.39 is 0 Å². The van der Waals surface area contributed by atoms with Gasteiger partial charge in [0.25, 0.3) is 0 Å². The van der Waals surface area contributed by atoms with E-state index in [1.54, 1.807) is 7.11 Å². The molecule has 2 aliphatic rings. The molecule has 0 amide bonds. The van der Waals surface area contributed by atoms with Crippen molar-refractivity contribution in [2.75, 3.05) is 38.3 Å². The average molecular weight is 283 g/mol. The van der Waals surface area contributed by atoms with E-state index in [0.717, 1.165) is 37.5 Å². The highest BCUT2D eigenvalue weighted by atomic mass is 35.5. The van der Waals surface area contributed by atoms with Crippen LogP contribution in [0.5, 0.6) is 5.75 Å². The van der Waals surface area contributed by atoms with Crippen molar-refractivity contribution in [2.45, 2.75) is 18.6 Å². The zero-order chi connectivity index (χ0) is 13.2. The van der Waals surface area contributed by atoms with Crippen molar-refractivity contribution in [3.63, 3.8) is 0 Å². The lowest BCUT2D eigenvalue weighted by atomic mass is 10.1. The highest BCUT2D eigenvalue weighted by Gasteiger charge is 2.32. The second kappa shape index (κ2) is 5.57. The Morgan fingerprint density at radius 1 is 1.53 bits per heavy atom. The van der Waals surface area contributed by atoms with Gasteiger partial charge < -0.3 is 19.7 Å². The van der Waals surface area contributed by atoms with E-state index in [0.29, 0.717) is 17.7 Å². The molecule has 2 aliphatic heterocycles. The lowest BCUT2D eigenvalue weighted by Crippen LogP contribution is -2.52. The number of halogens is 1. The summed E-state index contributed by atoms with van der Waals surface area (Å²) >= 11 is 6.30. The van der Waals surface area contributed by atoms with Gasteiger partial charge in [-0.3, -0.25) is 0 Å². The number of nitrogens with one attached hydrogen (secondary N) is 1. The van der Waals surface area contributed by atoms with Gasteiger partial charge in [0.15, 0.2) is 5.75 Å². The first-order valence-electron chi connectivity index (χ1n) is 6.71. The Labute approximate surface area is 118 Å². The summed E-state index contributed by atoms with van der Waals surface area (Å²) in [5.74, 6) is 0.801. The molecule has 0 saturated carbocycles.